The van der Waals surface area contributed by atoms with Gasteiger partial charge in [-0.1, -0.05) is 0 Å². The smallest absolute Gasteiger partial charge is 0.174 e. The summed E-state index contributed by atoms with van der Waals surface area (Å²) in [4.78, 5) is 13.0. The first-order valence-corrected chi connectivity index (χ1v) is 9.44. The fourth-order valence-electron chi connectivity index (χ4n) is 3.24. The lowest BCUT2D eigenvalue weighted by Crippen LogP contribution is -2.33. The third kappa shape index (κ3) is 3.57. The van der Waals surface area contributed by atoms with E-state index in [1.54, 1.807) is 17.3 Å². The van der Waals surface area contributed by atoms with E-state index in [2.05, 4.69) is 36.7 Å². The SMILES string of the molecule is Cc1cc(C)n(-c2cncc(NCCN3CCc4sccc4C3)n2)n1. The number of nitrogens with one attached hydrogen (secondary N) is 1. The molecule has 3 aromatic heterocycles. The van der Waals surface area contributed by atoms with Gasteiger partial charge in [0.25, 0.3) is 0 Å². The van der Waals surface area contributed by atoms with E-state index in [0.717, 1.165) is 49.2 Å². The summed E-state index contributed by atoms with van der Waals surface area (Å²) in [5.74, 6) is 1.54. The van der Waals surface area contributed by atoms with E-state index >= 15 is 0 Å². The number of nitrogens with zero attached hydrogens (tertiary/aromatic N) is 5. The Hall–Kier alpha value is -2.25. The van der Waals surface area contributed by atoms with Crippen LogP contribution in [0.2, 0.25) is 0 Å². The highest BCUT2D eigenvalue weighted by Gasteiger charge is 2.16. The van der Waals surface area contributed by atoms with E-state index in [-0.39, 0.29) is 0 Å². The molecule has 1 aliphatic rings. The van der Waals surface area contributed by atoms with Crippen molar-refractivity contribution in [3.8, 4) is 5.82 Å². The number of aromatic nitrogens is 4. The molecule has 4 heterocycles. The second kappa shape index (κ2) is 6.93. The number of rotatable bonds is 5. The minimum Gasteiger partial charge on any atom is -0.367 e. The molecule has 0 saturated carbocycles. The predicted molar refractivity (Wildman–Crippen MR) is 100 cm³/mol. The Balaban J connectivity index is 1.36. The van der Waals surface area contributed by atoms with Crippen LogP contribution < -0.4 is 5.32 Å². The fourth-order valence-corrected chi connectivity index (χ4v) is 4.13. The summed E-state index contributed by atoms with van der Waals surface area (Å²) in [5, 5.41) is 10.1. The third-order valence-corrected chi connectivity index (χ3v) is 5.49. The van der Waals surface area contributed by atoms with Crippen LogP contribution >= 0.6 is 11.3 Å². The average Bonchev–Trinajstić information content (AvgIpc) is 3.20. The minimum absolute atomic E-state index is 0.747. The molecule has 7 heteroatoms. The van der Waals surface area contributed by atoms with Crippen LogP contribution in [0.5, 0.6) is 0 Å². The van der Waals surface area contributed by atoms with E-state index in [1.807, 2.05) is 35.9 Å². The van der Waals surface area contributed by atoms with Crippen LogP contribution in [0.15, 0.2) is 29.9 Å². The van der Waals surface area contributed by atoms with E-state index in [0.29, 0.717) is 0 Å². The number of anilines is 1. The molecular weight excluding hydrogens is 332 g/mol. The third-order valence-electron chi connectivity index (χ3n) is 4.47. The maximum Gasteiger partial charge on any atom is 0.174 e. The Morgan fingerprint density at radius 3 is 3.04 bits per heavy atom. The zero-order valence-corrected chi connectivity index (χ0v) is 15.4. The van der Waals surface area contributed by atoms with E-state index < -0.39 is 0 Å². The maximum absolute atomic E-state index is 4.64. The maximum atomic E-state index is 4.64. The molecule has 1 aliphatic heterocycles. The van der Waals surface area contributed by atoms with Gasteiger partial charge in [0.1, 0.15) is 5.82 Å². The molecule has 0 aromatic carbocycles. The second-order valence-corrected chi connectivity index (χ2v) is 7.42. The molecule has 0 amide bonds. The van der Waals surface area contributed by atoms with Crippen molar-refractivity contribution in [1.82, 2.24) is 24.6 Å². The van der Waals surface area contributed by atoms with Gasteiger partial charge >= 0.3 is 0 Å². The van der Waals surface area contributed by atoms with Gasteiger partial charge < -0.3 is 5.32 Å². The highest BCUT2D eigenvalue weighted by Crippen LogP contribution is 2.23. The summed E-state index contributed by atoms with van der Waals surface area (Å²) in [6.45, 7) is 8.05. The molecule has 0 bridgehead atoms. The molecule has 3 aromatic rings. The average molecular weight is 354 g/mol. The van der Waals surface area contributed by atoms with Gasteiger partial charge in [0.2, 0.25) is 0 Å². The molecule has 0 atom stereocenters. The first-order chi connectivity index (χ1) is 12.2. The molecule has 0 fully saturated rings. The highest BCUT2D eigenvalue weighted by atomic mass is 32.1. The Morgan fingerprint density at radius 1 is 1.28 bits per heavy atom. The van der Waals surface area contributed by atoms with Crippen LogP contribution in [-0.4, -0.2) is 44.3 Å². The second-order valence-electron chi connectivity index (χ2n) is 6.42. The summed E-state index contributed by atoms with van der Waals surface area (Å²) in [6, 6.07) is 4.29. The zero-order valence-electron chi connectivity index (χ0n) is 14.6. The van der Waals surface area contributed by atoms with Crippen molar-refractivity contribution in [2.75, 3.05) is 25.0 Å². The van der Waals surface area contributed by atoms with Gasteiger partial charge in [-0.25, -0.2) is 9.67 Å². The number of hydrogen-bond acceptors (Lipinski definition) is 6. The van der Waals surface area contributed by atoms with Crippen molar-refractivity contribution < 1.29 is 0 Å². The summed E-state index contributed by atoms with van der Waals surface area (Å²) < 4.78 is 1.83. The molecular formula is C18H22N6S. The van der Waals surface area contributed by atoms with Gasteiger partial charge in [0, 0.05) is 36.8 Å². The quantitative estimate of drug-likeness (QED) is 0.763. The lowest BCUT2D eigenvalue weighted by atomic mass is 10.1. The van der Waals surface area contributed by atoms with Crippen molar-refractivity contribution >= 4 is 17.2 Å². The van der Waals surface area contributed by atoms with E-state index in [1.165, 1.54) is 12.0 Å². The predicted octanol–water partition coefficient (Wildman–Crippen LogP) is 2.81. The lowest BCUT2D eigenvalue weighted by Gasteiger charge is -2.26. The van der Waals surface area contributed by atoms with Crippen LogP contribution in [-0.2, 0) is 13.0 Å². The molecule has 6 nitrogen and oxygen atoms in total. The van der Waals surface area contributed by atoms with Crippen molar-refractivity contribution in [2.45, 2.75) is 26.8 Å². The van der Waals surface area contributed by atoms with Crippen LogP contribution in [0.4, 0.5) is 5.82 Å². The number of aryl methyl sites for hydroxylation is 2. The number of fused-ring (bicyclic) bond motifs is 1. The monoisotopic (exact) mass is 354 g/mol. The van der Waals surface area contributed by atoms with Gasteiger partial charge in [0.15, 0.2) is 5.82 Å². The molecule has 4 rings (SSSR count). The van der Waals surface area contributed by atoms with E-state index in [9.17, 15) is 0 Å². The first-order valence-electron chi connectivity index (χ1n) is 8.56. The van der Waals surface area contributed by atoms with Gasteiger partial charge in [-0.3, -0.25) is 9.88 Å². The molecule has 0 aliphatic carbocycles. The standard InChI is InChI=1S/C18H22N6S/c1-13-9-14(2)24(22-13)18-11-19-10-17(21-18)20-5-7-23-6-3-16-15(12-23)4-8-25-16/h4,8-11H,3,5-7,12H2,1-2H3,(H,20,21). The van der Waals surface area contributed by atoms with Crippen molar-refractivity contribution in [3.05, 3.63) is 51.7 Å². The Morgan fingerprint density at radius 2 is 2.20 bits per heavy atom. The summed E-state index contributed by atoms with van der Waals surface area (Å²) in [6.07, 6.45) is 4.68. The van der Waals surface area contributed by atoms with Crippen molar-refractivity contribution in [2.24, 2.45) is 0 Å². The van der Waals surface area contributed by atoms with Gasteiger partial charge in [0.05, 0.1) is 18.1 Å². The van der Waals surface area contributed by atoms with Crippen LogP contribution in [0, 0.1) is 13.8 Å². The van der Waals surface area contributed by atoms with Crippen LogP contribution in [0.3, 0.4) is 0 Å². The van der Waals surface area contributed by atoms with Gasteiger partial charge in [-0.15, -0.1) is 11.3 Å². The number of thiophene rings is 1. The fraction of sp³-hybridized carbons (Fsp3) is 0.389. The molecule has 0 radical (unpaired) electrons. The molecule has 25 heavy (non-hydrogen) atoms. The largest absolute Gasteiger partial charge is 0.367 e. The number of hydrogen-bond donors (Lipinski definition) is 1. The first kappa shape index (κ1) is 16.2. The molecule has 0 unspecified atom stereocenters. The normalized spacial score (nSPS) is 14.5. The van der Waals surface area contributed by atoms with Crippen molar-refractivity contribution in [3.63, 3.8) is 0 Å². The Kier molecular flexibility index (Phi) is 4.50. The van der Waals surface area contributed by atoms with Crippen LogP contribution in [0.1, 0.15) is 21.8 Å². The summed E-state index contributed by atoms with van der Waals surface area (Å²) in [7, 11) is 0. The van der Waals surface area contributed by atoms with Crippen molar-refractivity contribution in [1.29, 1.82) is 0 Å². The topological polar surface area (TPSA) is 58.9 Å². The Labute approximate surface area is 151 Å². The summed E-state index contributed by atoms with van der Waals surface area (Å²) in [5.41, 5.74) is 3.53. The Bertz CT molecular complexity index is 868. The minimum atomic E-state index is 0.747. The molecule has 0 saturated heterocycles. The van der Waals surface area contributed by atoms with Gasteiger partial charge in [-0.2, -0.15) is 5.10 Å². The molecule has 130 valence electrons. The zero-order chi connectivity index (χ0) is 17.2. The molecule has 1 N–H and O–H groups in total. The highest BCUT2D eigenvalue weighted by molar-refractivity contribution is 7.10. The molecule has 0 spiro atoms. The van der Waals surface area contributed by atoms with Gasteiger partial charge in [-0.05, 0) is 43.3 Å². The van der Waals surface area contributed by atoms with E-state index in [4.69, 9.17) is 0 Å². The lowest BCUT2D eigenvalue weighted by molar-refractivity contribution is 0.266. The summed E-state index contributed by atoms with van der Waals surface area (Å²) >= 11 is 1.88. The van der Waals surface area contributed by atoms with Crippen LogP contribution in [0.25, 0.3) is 5.82 Å².